The SMILES string of the molecule is COc1ccc(-c2nc3cc(C(=O)NCCCc4ncc[nH]4)ccc3nc2-c2ccc(F)cc2)c(F)c1. The summed E-state index contributed by atoms with van der Waals surface area (Å²) in [6.45, 7) is 0.481. The number of methoxy groups -OCH3 is 1. The van der Waals surface area contributed by atoms with Crippen LogP contribution in [-0.4, -0.2) is 39.5 Å². The number of nitrogens with one attached hydrogen (secondary N) is 2. The summed E-state index contributed by atoms with van der Waals surface area (Å²) in [5, 5.41) is 2.90. The summed E-state index contributed by atoms with van der Waals surface area (Å²) < 4.78 is 33.8. The summed E-state index contributed by atoms with van der Waals surface area (Å²) in [4.78, 5) is 29.4. The number of aromatic nitrogens is 4. The third-order valence-corrected chi connectivity index (χ3v) is 5.91. The number of aryl methyl sites for hydroxylation is 1. The van der Waals surface area contributed by atoms with Gasteiger partial charge in [-0.15, -0.1) is 0 Å². The quantitative estimate of drug-likeness (QED) is 0.281. The Morgan fingerprint density at radius 1 is 0.973 bits per heavy atom. The molecule has 7 nitrogen and oxygen atoms in total. The standard InChI is InChI=1S/C28H23F2N5O2/c1-37-20-9-10-21(22(30)16-20)27-26(17-4-7-19(29)8-5-17)34-23-11-6-18(15-24(23)35-27)28(36)33-12-2-3-25-31-13-14-32-25/h4-11,13-16H,2-3,12H2,1H3,(H,31,32)(H,33,36). The number of hydrogen-bond acceptors (Lipinski definition) is 5. The number of nitrogens with zero attached hydrogens (tertiary/aromatic N) is 3. The summed E-state index contributed by atoms with van der Waals surface area (Å²) in [6, 6.07) is 15.2. The van der Waals surface area contributed by atoms with E-state index >= 15 is 4.39 Å². The molecule has 0 radical (unpaired) electrons. The van der Waals surface area contributed by atoms with Gasteiger partial charge in [0.15, 0.2) is 0 Å². The van der Waals surface area contributed by atoms with Gasteiger partial charge in [0.05, 0.1) is 23.8 Å². The molecule has 0 saturated heterocycles. The van der Waals surface area contributed by atoms with Crippen LogP contribution in [0.5, 0.6) is 5.75 Å². The summed E-state index contributed by atoms with van der Waals surface area (Å²) in [6.07, 6.45) is 4.91. The predicted molar refractivity (Wildman–Crippen MR) is 136 cm³/mol. The maximum Gasteiger partial charge on any atom is 0.251 e. The predicted octanol–water partition coefficient (Wildman–Crippen LogP) is 5.34. The molecule has 5 aromatic rings. The van der Waals surface area contributed by atoms with Gasteiger partial charge in [0.25, 0.3) is 5.91 Å². The average molecular weight is 500 g/mol. The van der Waals surface area contributed by atoms with Crippen molar-refractivity contribution < 1.29 is 18.3 Å². The molecular formula is C28H23F2N5O2. The smallest absolute Gasteiger partial charge is 0.251 e. The lowest BCUT2D eigenvalue weighted by atomic mass is 10.0. The molecule has 0 spiro atoms. The minimum absolute atomic E-state index is 0.210. The molecule has 0 aliphatic heterocycles. The zero-order chi connectivity index (χ0) is 25.8. The summed E-state index contributed by atoms with van der Waals surface area (Å²) in [5.41, 5.74) is 2.82. The van der Waals surface area contributed by atoms with Crippen LogP contribution >= 0.6 is 0 Å². The van der Waals surface area contributed by atoms with Crippen LogP contribution in [0.3, 0.4) is 0 Å². The zero-order valence-corrected chi connectivity index (χ0v) is 20.0. The van der Waals surface area contributed by atoms with Crippen molar-refractivity contribution in [2.45, 2.75) is 12.8 Å². The molecule has 0 aliphatic rings. The number of rotatable bonds is 8. The second-order valence-electron chi connectivity index (χ2n) is 8.37. The van der Waals surface area contributed by atoms with E-state index in [-0.39, 0.29) is 17.2 Å². The van der Waals surface area contributed by atoms with E-state index in [4.69, 9.17) is 14.7 Å². The van der Waals surface area contributed by atoms with Gasteiger partial charge < -0.3 is 15.0 Å². The van der Waals surface area contributed by atoms with E-state index in [2.05, 4.69) is 15.3 Å². The van der Waals surface area contributed by atoms with E-state index in [0.29, 0.717) is 40.1 Å². The molecule has 5 rings (SSSR count). The van der Waals surface area contributed by atoms with Crippen molar-refractivity contribution in [1.29, 1.82) is 0 Å². The van der Waals surface area contributed by atoms with E-state index in [1.807, 2.05) is 0 Å². The van der Waals surface area contributed by atoms with Gasteiger partial charge in [-0.2, -0.15) is 0 Å². The second-order valence-corrected chi connectivity index (χ2v) is 8.37. The fourth-order valence-electron chi connectivity index (χ4n) is 4.00. The van der Waals surface area contributed by atoms with Crippen molar-refractivity contribution >= 4 is 16.9 Å². The zero-order valence-electron chi connectivity index (χ0n) is 20.0. The van der Waals surface area contributed by atoms with Crippen molar-refractivity contribution in [3.63, 3.8) is 0 Å². The highest BCUT2D eigenvalue weighted by molar-refractivity contribution is 5.98. The largest absolute Gasteiger partial charge is 0.497 e. The molecule has 9 heteroatoms. The lowest BCUT2D eigenvalue weighted by molar-refractivity contribution is 0.0953. The van der Waals surface area contributed by atoms with Gasteiger partial charge in [0.1, 0.15) is 28.9 Å². The Bertz CT molecular complexity index is 1550. The van der Waals surface area contributed by atoms with Crippen LogP contribution in [0.15, 0.2) is 73.1 Å². The number of amides is 1. The first-order valence-electron chi connectivity index (χ1n) is 11.7. The molecular weight excluding hydrogens is 476 g/mol. The van der Waals surface area contributed by atoms with Gasteiger partial charge in [0, 0.05) is 48.1 Å². The number of ether oxygens (including phenoxy) is 1. The van der Waals surface area contributed by atoms with Crippen LogP contribution in [0.1, 0.15) is 22.6 Å². The number of carbonyl (C=O) groups is 1. The van der Waals surface area contributed by atoms with E-state index in [0.717, 1.165) is 18.7 Å². The Labute approximate surface area is 211 Å². The molecule has 0 unspecified atom stereocenters. The average Bonchev–Trinajstić information content (AvgIpc) is 3.44. The first-order valence-corrected chi connectivity index (χ1v) is 11.7. The van der Waals surface area contributed by atoms with Crippen LogP contribution in [0.2, 0.25) is 0 Å². The highest BCUT2D eigenvalue weighted by Gasteiger charge is 2.18. The fraction of sp³-hybridized carbons (Fsp3) is 0.143. The lowest BCUT2D eigenvalue weighted by Crippen LogP contribution is -2.24. The van der Waals surface area contributed by atoms with Gasteiger partial charge in [-0.05, 0) is 61.0 Å². The third-order valence-electron chi connectivity index (χ3n) is 5.91. The minimum Gasteiger partial charge on any atom is -0.497 e. The Morgan fingerprint density at radius 2 is 1.78 bits per heavy atom. The maximum atomic E-state index is 15.1. The molecule has 2 N–H and O–H groups in total. The van der Waals surface area contributed by atoms with Gasteiger partial charge in [0.2, 0.25) is 0 Å². The minimum atomic E-state index is -0.540. The molecule has 186 valence electrons. The van der Waals surface area contributed by atoms with Gasteiger partial charge in [-0.25, -0.2) is 23.7 Å². The summed E-state index contributed by atoms with van der Waals surface area (Å²) in [5.74, 6) is 0.0501. The molecule has 0 fully saturated rings. The molecule has 0 aliphatic carbocycles. The van der Waals surface area contributed by atoms with E-state index in [1.54, 1.807) is 54.9 Å². The number of hydrogen-bond donors (Lipinski definition) is 2. The van der Waals surface area contributed by atoms with Crippen molar-refractivity contribution in [2.24, 2.45) is 0 Å². The molecule has 2 heterocycles. The van der Waals surface area contributed by atoms with E-state index in [1.165, 1.54) is 25.3 Å². The van der Waals surface area contributed by atoms with Crippen LogP contribution in [-0.2, 0) is 6.42 Å². The number of benzene rings is 3. The molecule has 2 aromatic heterocycles. The lowest BCUT2D eigenvalue weighted by Gasteiger charge is -2.13. The van der Waals surface area contributed by atoms with E-state index < -0.39 is 11.6 Å². The maximum absolute atomic E-state index is 15.1. The van der Waals surface area contributed by atoms with Gasteiger partial charge >= 0.3 is 0 Å². The number of imidazole rings is 1. The monoisotopic (exact) mass is 499 g/mol. The fourth-order valence-corrected chi connectivity index (χ4v) is 4.00. The van der Waals surface area contributed by atoms with Gasteiger partial charge in [-0.3, -0.25) is 4.79 Å². The van der Waals surface area contributed by atoms with Crippen molar-refractivity contribution in [1.82, 2.24) is 25.3 Å². The number of halogens is 2. The van der Waals surface area contributed by atoms with Crippen molar-refractivity contribution in [3.8, 4) is 28.3 Å². The number of H-pyrrole nitrogens is 1. The highest BCUT2D eigenvalue weighted by atomic mass is 19.1. The summed E-state index contributed by atoms with van der Waals surface area (Å²) >= 11 is 0. The van der Waals surface area contributed by atoms with Crippen LogP contribution < -0.4 is 10.1 Å². The van der Waals surface area contributed by atoms with Crippen molar-refractivity contribution in [2.75, 3.05) is 13.7 Å². The molecule has 0 bridgehead atoms. The number of fused-ring (bicyclic) bond motifs is 1. The second kappa shape index (κ2) is 10.5. The Balaban J connectivity index is 1.49. The van der Waals surface area contributed by atoms with Crippen LogP contribution in [0.4, 0.5) is 8.78 Å². The summed E-state index contributed by atoms with van der Waals surface area (Å²) in [7, 11) is 1.46. The molecule has 0 saturated carbocycles. The number of carbonyl (C=O) groups excluding carboxylic acids is 1. The highest BCUT2D eigenvalue weighted by Crippen LogP contribution is 2.34. The van der Waals surface area contributed by atoms with E-state index in [9.17, 15) is 9.18 Å². The normalized spacial score (nSPS) is 11.0. The topological polar surface area (TPSA) is 92.8 Å². The first kappa shape index (κ1) is 24.1. The van der Waals surface area contributed by atoms with Gasteiger partial charge in [-0.1, -0.05) is 0 Å². The Morgan fingerprint density at radius 3 is 2.51 bits per heavy atom. The van der Waals surface area contributed by atoms with Crippen LogP contribution in [0.25, 0.3) is 33.5 Å². The Hall–Kier alpha value is -4.66. The van der Waals surface area contributed by atoms with Crippen molar-refractivity contribution in [3.05, 3.63) is 96.1 Å². The molecule has 0 atom stereocenters. The Kier molecular flexibility index (Phi) is 6.85. The molecule has 3 aromatic carbocycles. The third kappa shape index (κ3) is 5.30. The molecule has 1 amide bonds. The van der Waals surface area contributed by atoms with Crippen LogP contribution in [0, 0.1) is 11.6 Å². The number of aromatic amines is 1. The molecule has 37 heavy (non-hydrogen) atoms. The first-order chi connectivity index (χ1) is 18.0.